The lowest BCUT2D eigenvalue weighted by Crippen LogP contribution is -2.32. The molecule has 3 aromatic rings. The van der Waals surface area contributed by atoms with Crippen molar-refractivity contribution in [3.05, 3.63) is 72.6 Å². The third kappa shape index (κ3) is 3.94. The molecule has 0 spiro atoms. The van der Waals surface area contributed by atoms with Gasteiger partial charge in [0.2, 0.25) is 5.91 Å². The molecule has 2 heterocycles. The number of urea groups is 1. The molecule has 1 aliphatic rings. The molecule has 4 amide bonds. The number of imide groups is 1. The smallest absolute Gasteiger partial charge is 0.329 e. The second-order valence-corrected chi connectivity index (χ2v) is 6.81. The number of nitrogens with zero attached hydrogens (tertiary/aromatic N) is 2. The molecule has 0 saturated carbocycles. The molecule has 0 aliphatic carbocycles. The third-order valence-corrected chi connectivity index (χ3v) is 4.88. The van der Waals surface area contributed by atoms with Crippen molar-refractivity contribution in [2.75, 3.05) is 4.90 Å². The minimum Gasteiger partial charge on any atom is -0.350 e. The fourth-order valence-electron chi connectivity index (χ4n) is 3.41. The van der Waals surface area contributed by atoms with Gasteiger partial charge in [0, 0.05) is 18.0 Å². The molecule has 2 N–H and O–H groups in total. The first-order valence-corrected chi connectivity index (χ1v) is 9.42. The van der Waals surface area contributed by atoms with Gasteiger partial charge in [-0.25, -0.2) is 9.69 Å². The Kier molecular flexibility index (Phi) is 5.20. The number of amides is 4. The Morgan fingerprint density at radius 3 is 2.66 bits per heavy atom. The molecule has 1 aliphatic heterocycles. The Hall–Kier alpha value is -3.74. The van der Waals surface area contributed by atoms with Crippen molar-refractivity contribution in [1.82, 2.24) is 15.6 Å². The van der Waals surface area contributed by atoms with Crippen molar-refractivity contribution in [3.63, 3.8) is 0 Å². The molecule has 1 fully saturated rings. The molecule has 7 nitrogen and oxygen atoms in total. The van der Waals surface area contributed by atoms with Crippen LogP contribution in [0, 0.1) is 0 Å². The van der Waals surface area contributed by atoms with Gasteiger partial charge >= 0.3 is 6.03 Å². The maximum atomic E-state index is 12.9. The van der Waals surface area contributed by atoms with Crippen LogP contribution in [0.15, 0.2) is 66.9 Å². The second-order valence-electron chi connectivity index (χ2n) is 6.81. The first kappa shape index (κ1) is 18.6. The topological polar surface area (TPSA) is 91.4 Å². The minimum atomic E-state index is -0.720. The molecule has 0 bridgehead atoms. The standard InChI is InChI=1S/C22H20N4O3/c27-20(24-14-16-8-3-4-13-23-16)12-11-18-21(28)26(22(29)25-18)19-10-5-7-15-6-1-2-9-17(15)19/h1-10,13,18H,11-12,14H2,(H,24,27)(H,25,29)/t18-/m1/s1. The van der Waals surface area contributed by atoms with Crippen LogP contribution in [-0.2, 0) is 16.1 Å². The molecule has 29 heavy (non-hydrogen) atoms. The van der Waals surface area contributed by atoms with Crippen molar-refractivity contribution < 1.29 is 14.4 Å². The summed E-state index contributed by atoms with van der Waals surface area (Å²) in [7, 11) is 0. The van der Waals surface area contributed by atoms with Gasteiger partial charge in [0.15, 0.2) is 0 Å². The monoisotopic (exact) mass is 388 g/mol. The fourth-order valence-corrected chi connectivity index (χ4v) is 3.41. The number of anilines is 1. The van der Waals surface area contributed by atoms with E-state index in [9.17, 15) is 14.4 Å². The first-order valence-electron chi connectivity index (χ1n) is 9.42. The number of fused-ring (bicyclic) bond motifs is 1. The van der Waals surface area contributed by atoms with Crippen LogP contribution in [-0.4, -0.2) is 28.9 Å². The molecule has 0 radical (unpaired) electrons. The summed E-state index contributed by atoms with van der Waals surface area (Å²) >= 11 is 0. The molecular weight excluding hydrogens is 368 g/mol. The lowest BCUT2D eigenvalue weighted by Gasteiger charge is -2.15. The predicted molar refractivity (Wildman–Crippen MR) is 109 cm³/mol. The third-order valence-electron chi connectivity index (χ3n) is 4.88. The van der Waals surface area contributed by atoms with Crippen LogP contribution in [0.3, 0.4) is 0 Å². The van der Waals surface area contributed by atoms with E-state index in [0.717, 1.165) is 16.5 Å². The quantitative estimate of drug-likeness (QED) is 0.635. The van der Waals surface area contributed by atoms with Crippen LogP contribution in [0.5, 0.6) is 0 Å². The van der Waals surface area contributed by atoms with Crippen LogP contribution < -0.4 is 15.5 Å². The van der Waals surface area contributed by atoms with Crippen LogP contribution in [0.2, 0.25) is 0 Å². The number of nitrogens with one attached hydrogen (secondary N) is 2. The largest absolute Gasteiger partial charge is 0.350 e. The number of carbonyl (C=O) groups excluding carboxylic acids is 3. The van der Waals surface area contributed by atoms with Gasteiger partial charge in [-0.1, -0.05) is 42.5 Å². The average Bonchev–Trinajstić information content (AvgIpc) is 3.04. The molecular formula is C22H20N4O3. The zero-order valence-corrected chi connectivity index (χ0v) is 15.7. The molecule has 1 atom stereocenters. The summed E-state index contributed by atoms with van der Waals surface area (Å²) in [5, 5.41) is 7.24. The van der Waals surface area contributed by atoms with E-state index in [4.69, 9.17) is 0 Å². The molecule has 1 saturated heterocycles. The highest BCUT2D eigenvalue weighted by molar-refractivity contribution is 6.24. The van der Waals surface area contributed by atoms with Crippen molar-refractivity contribution in [3.8, 4) is 0 Å². The lowest BCUT2D eigenvalue weighted by atomic mass is 10.1. The van der Waals surface area contributed by atoms with Crippen LogP contribution >= 0.6 is 0 Å². The van der Waals surface area contributed by atoms with Crippen molar-refractivity contribution in [1.29, 1.82) is 0 Å². The van der Waals surface area contributed by atoms with E-state index in [2.05, 4.69) is 15.6 Å². The van der Waals surface area contributed by atoms with E-state index in [1.54, 1.807) is 18.3 Å². The minimum absolute atomic E-state index is 0.132. The number of aromatic nitrogens is 1. The normalized spacial score (nSPS) is 16.1. The van der Waals surface area contributed by atoms with Crippen LogP contribution in [0.4, 0.5) is 10.5 Å². The number of rotatable bonds is 6. The summed E-state index contributed by atoms with van der Waals surface area (Å²) in [6, 6.07) is 17.4. The highest BCUT2D eigenvalue weighted by Gasteiger charge is 2.39. The highest BCUT2D eigenvalue weighted by Crippen LogP contribution is 2.29. The van der Waals surface area contributed by atoms with Crippen LogP contribution in [0.25, 0.3) is 10.8 Å². The Morgan fingerprint density at radius 1 is 1.03 bits per heavy atom. The molecule has 1 aromatic heterocycles. The number of benzene rings is 2. The summed E-state index contributed by atoms with van der Waals surface area (Å²) in [4.78, 5) is 42.8. The molecule has 4 rings (SSSR count). The maximum absolute atomic E-state index is 12.9. The summed E-state index contributed by atoms with van der Waals surface area (Å²) in [6.45, 7) is 0.326. The van der Waals surface area contributed by atoms with E-state index in [1.165, 1.54) is 4.90 Å². The van der Waals surface area contributed by atoms with Crippen LogP contribution in [0.1, 0.15) is 18.5 Å². The Balaban J connectivity index is 1.40. The number of hydrogen-bond acceptors (Lipinski definition) is 4. The Labute approximate surface area is 167 Å². The Bertz CT molecular complexity index is 1060. The zero-order valence-electron chi connectivity index (χ0n) is 15.7. The van der Waals surface area contributed by atoms with Crippen molar-refractivity contribution >= 4 is 34.3 Å². The van der Waals surface area contributed by atoms with Gasteiger partial charge in [-0.2, -0.15) is 0 Å². The second kappa shape index (κ2) is 8.10. The van der Waals surface area contributed by atoms with E-state index < -0.39 is 12.1 Å². The molecule has 146 valence electrons. The molecule has 2 aromatic carbocycles. The predicted octanol–water partition coefficient (Wildman–Crippen LogP) is 2.76. The number of hydrogen-bond donors (Lipinski definition) is 2. The summed E-state index contributed by atoms with van der Waals surface area (Å²) in [6.07, 6.45) is 2.03. The van der Waals surface area contributed by atoms with Crippen molar-refractivity contribution in [2.45, 2.75) is 25.4 Å². The summed E-state index contributed by atoms with van der Waals surface area (Å²) in [5.74, 6) is -0.537. The molecule has 0 unspecified atom stereocenters. The lowest BCUT2D eigenvalue weighted by molar-refractivity contribution is -0.122. The van der Waals surface area contributed by atoms with Crippen molar-refractivity contribution in [2.24, 2.45) is 0 Å². The van der Waals surface area contributed by atoms with Gasteiger partial charge in [0.1, 0.15) is 6.04 Å². The zero-order chi connectivity index (χ0) is 20.2. The number of carbonyl (C=O) groups is 3. The van der Waals surface area contributed by atoms with Gasteiger partial charge in [0.05, 0.1) is 17.9 Å². The van der Waals surface area contributed by atoms with E-state index in [0.29, 0.717) is 12.2 Å². The van der Waals surface area contributed by atoms with E-state index in [-0.39, 0.29) is 24.7 Å². The van der Waals surface area contributed by atoms with Gasteiger partial charge < -0.3 is 10.6 Å². The van der Waals surface area contributed by atoms with Gasteiger partial charge in [-0.05, 0) is 30.0 Å². The summed E-state index contributed by atoms with van der Waals surface area (Å²) < 4.78 is 0. The SMILES string of the molecule is O=C(CC[C@H]1NC(=O)N(c2cccc3ccccc23)C1=O)NCc1ccccn1. The Morgan fingerprint density at radius 2 is 1.83 bits per heavy atom. The van der Waals surface area contributed by atoms with E-state index in [1.807, 2.05) is 48.5 Å². The highest BCUT2D eigenvalue weighted by atomic mass is 16.2. The first-order chi connectivity index (χ1) is 14.1. The molecule has 7 heteroatoms. The summed E-state index contributed by atoms with van der Waals surface area (Å²) in [5.41, 5.74) is 1.31. The van der Waals surface area contributed by atoms with Gasteiger partial charge in [0.25, 0.3) is 5.91 Å². The number of pyridine rings is 1. The van der Waals surface area contributed by atoms with E-state index >= 15 is 0 Å². The maximum Gasteiger partial charge on any atom is 0.329 e. The average molecular weight is 388 g/mol. The fraction of sp³-hybridized carbons (Fsp3) is 0.182. The van der Waals surface area contributed by atoms with Gasteiger partial charge in [-0.15, -0.1) is 0 Å². The van der Waals surface area contributed by atoms with Gasteiger partial charge in [-0.3, -0.25) is 14.6 Å².